The number of hydrogen-bond acceptors (Lipinski definition) is 0. The second kappa shape index (κ2) is 6.66. The summed E-state index contributed by atoms with van der Waals surface area (Å²) in [6.07, 6.45) is 4.04. The molecule has 0 aromatic heterocycles. The number of halogens is 2. The molecule has 0 bridgehead atoms. The predicted octanol–water partition coefficient (Wildman–Crippen LogP) is 6.14. The second-order valence-electron chi connectivity index (χ2n) is 6.34. The van der Waals surface area contributed by atoms with Crippen LogP contribution < -0.4 is 0 Å². The third-order valence-corrected chi connectivity index (χ3v) is 4.86. The quantitative estimate of drug-likeness (QED) is 0.595. The van der Waals surface area contributed by atoms with Gasteiger partial charge >= 0.3 is 0 Å². The molecule has 3 rings (SSSR count). The largest absolute Gasteiger partial charge is 0.203 e. The molecule has 0 nitrogen and oxygen atoms in total. The number of hydrogen-bond donors (Lipinski definition) is 0. The van der Waals surface area contributed by atoms with Crippen LogP contribution in [0, 0.1) is 5.92 Å². The fourth-order valence-electron chi connectivity index (χ4n) is 3.27. The summed E-state index contributed by atoms with van der Waals surface area (Å²) in [6.45, 7) is 4.22. The van der Waals surface area contributed by atoms with Gasteiger partial charge in [0.05, 0.1) is 0 Å². The SMILES string of the molecule is CCc1ccc(/C(F)=C(\F)c2ccc3c(c2)CC(CC)C3)cc1. The highest BCUT2D eigenvalue weighted by atomic mass is 19.2. The average Bonchev–Trinajstić information content (AvgIpc) is 3.02. The molecule has 2 aromatic carbocycles. The first-order chi connectivity index (χ1) is 11.1. The molecular weight excluding hydrogens is 290 g/mol. The van der Waals surface area contributed by atoms with Crippen molar-refractivity contribution in [2.45, 2.75) is 39.5 Å². The van der Waals surface area contributed by atoms with Gasteiger partial charge < -0.3 is 0 Å². The lowest BCUT2D eigenvalue weighted by Gasteiger charge is -2.06. The van der Waals surface area contributed by atoms with Gasteiger partial charge in [-0.1, -0.05) is 56.7 Å². The summed E-state index contributed by atoms with van der Waals surface area (Å²) in [4.78, 5) is 0. The Morgan fingerprint density at radius 1 is 0.870 bits per heavy atom. The predicted molar refractivity (Wildman–Crippen MR) is 92.5 cm³/mol. The molecule has 2 aromatic rings. The van der Waals surface area contributed by atoms with Gasteiger partial charge in [0.2, 0.25) is 0 Å². The van der Waals surface area contributed by atoms with Gasteiger partial charge in [0.25, 0.3) is 0 Å². The van der Waals surface area contributed by atoms with Crippen molar-refractivity contribution in [1.82, 2.24) is 0 Å². The highest BCUT2D eigenvalue weighted by molar-refractivity contribution is 5.83. The van der Waals surface area contributed by atoms with E-state index in [2.05, 4.69) is 6.92 Å². The van der Waals surface area contributed by atoms with Crippen LogP contribution in [0.25, 0.3) is 11.7 Å². The molecule has 0 amide bonds. The first-order valence-electron chi connectivity index (χ1n) is 8.39. The zero-order valence-electron chi connectivity index (χ0n) is 13.7. The normalized spacial score (nSPS) is 17.8. The molecule has 0 saturated heterocycles. The summed E-state index contributed by atoms with van der Waals surface area (Å²) >= 11 is 0. The van der Waals surface area contributed by atoms with E-state index in [9.17, 15) is 8.78 Å². The van der Waals surface area contributed by atoms with E-state index in [1.807, 2.05) is 31.2 Å². The minimum Gasteiger partial charge on any atom is -0.203 e. The molecule has 1 aliphatic rings. The van der Waals surface area contributed by atoms with Crippen LogP contribution in [0.2, 0.25) is 0 Å². The van der Waals surface area contributed by atoms with Crippen LogP contribution in [0.1, 0.15) is 48.1 Å². The monoisotopic (exact) mass is 312 g/mol. The maximum Gasteiger partial charge on any atom is 0.166 e. The van der Waals surface area contributed by atoms with E-state index in [0.29, 0.717) is 17.0 Å². The summed E-state index contributed by atoms with van der Waals surface area (Å²) in [7, 11) is 0. The number of rotatable bonds is 4. The molecule has 2 heteroatoms. The summed E-state index contributed by atoms with van der Waals surface area (Å²) in [5, 5.41) is 0. The van der Waals surface area contributed by atoms with Gasteiger partial charge in [0.1, 0.15) is 0 Å². The summed E-state index contributed by atoms with van der Waals surface area (Å²) < 4.78 is 29.0. The molecule has 0 radical (unpaired) electrons. The highest BCUT2D eigenvalue weighted by Gasteiger charge is 2.21. The van der Waals surface area contributed by atoms with Crippen molar-refractivity contribution in [3.8, 4) is 0 Å². The Labute approximate surface area is 136 Å². The molecule has 1 aliphatic carbocycles. The van der Waals surface area contributed by atoms with Crippen molar-refractivity contribution in [1.29, 1.82) is 0 Å². The van der Waals surface area contributed by atoms with Crippen LogP contribution in [-0.4, -0.2) is 0 Å². The van der Waals surface area contributed by atoms with Gasteiger partial charge in [0.15, 0.2) is 11.7 Å². The van der Waals surface area contributed by atoms with Crippen molar-refractivity contribution in [3.05, 3.63) is 70.3 Å². The van der Waals surface area contributed by atoms with Crippen LogP contribution in [0.5, 0.6) is 0 Å². The molecular formula is C21H22F2. The fraction of sp³-hybridized carbons (Fsp3) is 0.333. The van der Waals surface area contributed by atoms with E-state index in [-0.39, 0.29) is 0 Å². The minimum absolute atomic E-state index is 0.298. The van der Waals surface area contributed by atoms with E-state index in [1.54, 1.807) is 18.2 Å². The van der Waals surface area contributed by atoms with Crippen molar-refractivity contribution < 1.29 is 8.78 Å². The molecule has 0 spiro atoms. The van der Waals surface area contributed by atoms with Gasteiger partial charge in [-0.2, -0.15) is 0 Å². The minimum atomic E-state index is -0.780. The summed E-state index contributed by atoms with van der Waals surface area (Å²) in [5.74, 6) is -0.909. The van der Waals surface area contributed by atoms with E-state index >= 15 is 0 Å². The molecule has 0 heterocycles. The molecule has 23 heavy (non-hydrogen) atoms. The van der Waals surface area contributed by atoms with Gasteiger partial charge in [-0.05, 0) is 47.9 Å². The average molecular weight is 312 g/mol. The van der Waals surface area contributed by atoms with Crippen LogP contribution in [-0.2, 0) is 19.3 Å². The van der Waals surface area contributed by atoms with Gasteiger partial charge in [0, 0.05) is 11.1 Å². The van der Waals surface area contributed by atoms with Crippen molar-refractivity contribution in [2.24, 2.45) is 5.92 Å². The van der Waals surface area contributed by atoms with E-state index < -0.39 is 11.7 Å². The first-order valence-corrected chi connectivity index (χ1v) is 8.39. The highest BCUT2D eigenvalue weighted by Crippen LogP contribution is 2.34. The smallest absolute Gasteiger partial charge is 0.166 e. The molecule has 1 atom stereocenters. The Morgan fingerprint density at radius 3 is 2.13 bits per heavy atom. The molecule has 1 unspecified atom stereocenters. The van der Waals surface area contributed by atoms with Crippen molar-refractivity contribution >= 4 is 11.7 Å². The summed E-state index contributed by atoms with van der Waals surface area (Å²) in [6, 6.07) is 12.5. The second-order valence-corrected chi connectivity index (χ2v) is 6.34. The van der Waals surface area contributed by atoms with Gasteiger partial charge in [-0.15, -0.1) is 0 Å². The Hall–Kier alpha value is -1.96. The Kier molecular flexibility index (Phi) is 4.61. The van der Waals surface area contributed by atoms with Crippen LogP contribution in [0.4, 0.5) is 8.78 Å². The van der Waals surface area contributed by atoms with E-state index in [4.69, 9.17) is 0 Å². The molecule has 0 aliphatic heterocycles. The number of fused-ring (bicyclic) bond motifs is 1. The lowest BCUT2D eigenvalue weighted by atomic mass is 10.0. The van der Waals surface area contributed by atoms with Gasteiger partial charge in [-0.25, -0.2) is 8.78 Å². The zero-order valence-corrected chi connectivity index (χ0v) is 13.7. The standard InChI is InChI=1S/C21H22F2/c1-3-14-5-7-16(8-6-14)20(22)21(23)18-10-9-17-11-15(4-2)12-19(17)13-18/h5-10,13,15H,3-4,11-12H2,1-2H3/b21-20+. The zero-order chi connectivity index (χ0) is 16.4. The third kappa shape index (κ3) is 3.21. The first kappa shape index (κ1) is 15.9. The topological polar surface area (TPSA) is 0 Å². The molecule has 0 N–H and O–H groups in total. The lowest BCUT2D eigenvalue weighted by Crippen LogP contribution is -1.95. The van der Waals surface area contributed by atoms with Crippen LogP contribution in [0.3, 0.4) is 0 Å². The van der Waals surface area contributed by atoms with Crippen LogP contribution in [0.15, 0.2) is 42.5 Å². The van der Waals surface area contributed by atoms with Crippen molar-refractivity contribution in [2.75, 3.05) is 0 Å². The molecule has 0 fully saturated rings. The van der Waals surface area contributed by atoms with Gasteiger partial charge in [-0.3, -0.25) is 0 Å². The van der Waals surface area contributed by atoms with Crippen LogP contribution >= 0.6 is 0 Å². The maximum absolute atomic E-state index is 14.5. The maximum atomic E-state index is 14.5. The van der Waals surface area contributed by atoms with E-state index in [1.165, 1.54) is 11.1 Å². The van der Waals surface area contributed by atoms with E-state index in [0.717, 1.165) is 31.2 Å². The molecule has 120 valence electrons. The third-order valence-electron chi connectivity index (χ3n) is 4.86. The lowest BCUT2D eigenvalue weighted by molar-refractivity contribution is 0.543. The number of aryl methyl sites for hydroxylation is 1. The Morgan fingerprint density at radius 2 is 1.48 bits per heavy atom. The van der Waals surface area contributed by atoms with Crippen molar-refractivity contribution in [3.63, 3.8) is 0 Å². The molecule has 0 saturated carbocycles. The summed E-state index contributed by atoms with van der Waals surface area (Å²) in [5.41, 5.74) is 4.20. The Bertz CT molecular complexity index is 726. The Balaban J connectivity index is 1.91. The number of benzene rings is 2. The fourth-order valence-corrected chi connectivity index (χ4v) is 3.27.